The molecular formula is C11H15ClS. The number of hydrogen-bond acceptors (Lipinski definition) is 1. The lowest BCUT2D eigenvalue weighted by Gasteiger charge is -2.05. The molecule has 1 rings (SSSR count). The van der Waals surface area contributed by atoms with Crippen LogP contribution < -0.4 is 0 Å². The summed E-state index contributed by atoms with van der Waals surface area (Å²) in [5, 5.41) is 0. The van der Waals surface area contributed by atoms with E-state index in [0.29, 0.717) is 5.92 Å². The molecule has 0 unspecified atom stereocenters. The molecule has 2 heteroatoms. The zero-order valence-corrected chi connectivity index (χ0v) is 9.66. The highest BCUT2D eigenvalue weighted by atomic mass is 35.5. The van der Waals surface area contributed by atoms with Crippen molar-refractivity contribution in [2.45, 2.75) is 24.7 Å². The first kappa shape index (κ1) is 10.9. The molecule has 0 radical (unpaired) electrons. The maximum absolute atomic E-state index is 5.61. The Bertz CT molecular complexity index is 241. The molecule has 0 aliphatic carbocycles. The first-order valence-electron chi connectivity index (χ1n) is 4.52. The molecule has 0 N–H and O–H groups in total. The fraction of sp³-hybridized carbons (Fsp3) is 0.455. The van der Waals surface area contributed by atoms with Gasteiger partial charge >= 0.3 is 0 Å². The van der Waals surface area contributed by atoms with Gasteiger partial charge in [0.15, 0.2) is 0 Å². The van der Waals surface area contributed by atoms with Gasteiger partial charge in [-0.15, -0.1) is 23.4 Å². The van der Waals surface area contributed by atoms with Gasteiger partial charge in [-0.25, -0.2) is 0 Å². The summed E-state index contributed by atoms with van der Waals surface area (Å²) < 4.78 is 0. The lowest BCUT2D eigenvalue weighted by atomic mass is 10.0. The zero-order chi connectivity index (χ0) is 9.68. The molecule has 0 saturated heterocycles. The quantitative estimate of drug-likeness (QED) is 0.536. The third-order valence-corrected chi connectivity index (χ3v) is 3.32. The molecule has 0 spiro atoms. The summed E-state index contributed by atoms with van der Waals surface area (Å²) in [6, 6.07) is 8.74. The van der Waals surface area contributed by atoms with Crippen molar-refractivity contribution in [1.29, 1.82) is 0 Å². The number of thioether (sulfide) groups is 1. The predicted octanol–water partition coefficient (Wildman–Crippen LogP) is 4.14. The molecule has 0 aliphatic heterocycles. The maximum Gasteiger partial charge on any atom is 0.0317 e. The molecule has 0 aliphatic rings. The van der Waals surface area contributed by atoms with Crippen molar-refractivity contribution in [2.24, 2.45) is 0 Å². The first-order chi connectivity index (χ1) is 6.24. The van der Waals surface area contributed by atoms with E-state index in [1.165, 1.54) is 10.5 Å². The Morgan fingerprint density at radius 3 is 2.31 bits per heavy atom. The summed E-state index contributed by atoms with van der Waals surface area (Å²) in [6.07, 6.45) is 0. The van der Waals surface area contributed by atoms with Crippen molar-refractivity contribution in [2.75, 3.05) is 11.6 Å². The lowest BCUT2D eigenvalue weighted by Crippen LogP contribution is -1.86. The van der Waals surface area contributed by atoms with E-state index in [-0.39, 0.29) is 0 Å². The van der Waals surface area contributed by atoms with Gasteiger partial charge in [-0.05, 0) is 23.6 Å². The van der Waals surface area contributed by atoms with Gasteiger partial charge in [0.2, 0.25) is 0 Å². The Hall–Kier alpha value is -0.140. The summed E-state index contributed by atoms with van der Waals surface area (Å²) in [6.45, 7) is 4.42. The molecule has 0 fully saturated rings. The fourth-order valence-electron chi connectivity index (χ4n) is 1.11. The number of rotatable bonds is 4. The Labute approximate surface area is 89.7 Å². The van der Waals surface area contributed by atoms with Crippen LogP contribution in [0.25, 0.3) is 0 Å². The van der Waals surface area contributed by atoms with Crippen LogP contribution in [0.5, 0.6) is 0 Å². The molecule has 1 aromatic rings. The molecule has 0 aromatic heterocycles. The number of benzene rings is 1. The summed E-state index contributed by atoms with van der Waals surface area (Å²) in [7, 11) is 0. The van der Waals surface area contributed by atoms with Crippen LogP contribution in [0.1, 0.15) is 25.3 Å². The van der Waals surface area contributed by atoms with E-state index in [1.807, 2.05) is 11.8 Å². The summed E-state index contributed by atoms with van der Waals surface area (Å²) in [5.74, 6) is 2.33. The van der Waals surface area contributed by atoms with Gasteiger partial charge in [0.1, 0.15) is 0 Å². The molecule has 13 heavy (non-hydrogen) atoms. The zero-order valence-electron chi connectivity index (χ0n) is 8.09. The average Bonchev–Trinajstić information content (AvgIpc) is 2.15. The predicted molar refractivity (Wildman–Crippen MR) is 62.0 cm³/mol. The Kier molecular flexibility index (Phi) is 4.68. The van der Waals surface area contributed by atoms with E-state index < -0.39 is 0 Å². The van der Waals surface area contributed by atoms with Gasteiger partial charge in [0.25, 0.3) is 0 Å². The lowest BCUT2D eigenvalue weighted by molar-refractivity contribution is 0.865. The second-order valence-electron chi connectivity index (χ2n) is 3.26. The van der Waals surface area contributed by atoms with Crippen molar-refractivity contribution >= 4 is 23.4 Å². The van der Waals surface area contributed by atoms with Crippen molar-refractivity contribution in [3.05, 3.63) is 29.8 Å². The van der Waals surface area contributed by atoms with E-state index >= 15 is 0 Å². The minimum atomic E-state index is 0.618. The standard InChI is InChI=1S/C11H15ClS/c1-9(2)10-3-5-11(6-4-10)13-8-7-12/h3-6,9H,7-8H2,1-2H3. The highest BCUT2D eigenvalue weighted by Gasteiger charge is 1.98. The SMILES string of the molecule is CC(C)c1ccc(SCCCl)cc1. The smallest absolute Gasteiger partial charge is 0.0317 e. The Balaban J connectivity index is 2.59. The van der Waals surface area contributed by atoms with E-state index in [0.717, 1.165) is 11.6 Å². The van der Waals surface area contributed by atoms with Crippen molar-refractivity contribution in [1.82, 2.24) is 0 Å². The minimum absolute atomic E-state index is 0.618. The highest BCUT2D eigenvalue weighted by Crippen LogP contribution is 2.21. The van der Waals surface area contributed by atoms with Gasteiger partial charge in [-0.2, -0.15) is 0 Å². The van der Waals surface area contributed by atoms with Gasteiger partial charge in [-0.1, -0.05) is 26.0 Å². The molecule has 72 valence electrons. The first-order valence-corrected chi connectivity index (χ1v) is 6.04. The molecule has 0 saturated carbocycles. The van der Waals surface area contributed by atoms with E-state index in [4.69, 9.17) is 11.6 Å². The van der Waals surface area contributed by atoms with Gasteiger partial charge in [0, 0.05) is 16.5 Å². The van der Waals surface area contributed by atoms with Crippen LogP contribution in [0.15, 0.2) is 29.2 Å². The number of halogens is 1. The third-order valence-electron chi connectivity index (χ3n) is 1.89. The van der Waals surface area contributed by atoms with Gasteiger partial charge < -0.3 is 0 Å². The Morgan fingerprint density at radius 1 is 1.23 bits per heavy atom. The monoisotopic (exact) mass is 214 g/mol. The van der Waals surface area contributed by atoms with Crippen LogP contribution in [0.4, 0.5) is 0 Å². The van der Waals surface area contributed by atoms with Crippen LogP contribution in [0.2, 0.25) is 0 Å². The van der Waals surface area contributed by atoms with Crippen molar-refractivity contribution < 1.29 is 0 Å². The maximum atomic E-state index is 5.61. The molecule has 1 aromatic carbocycles. The van der Waals surface area contributed by atoms with Crippen LogP contribution in [0.3, 0.4) is 0 Å². The van der Waals surface area contributed by atoms with Crippen molar-refractivity contribution in [3.63, 3.8) is 0 Å². The second kappa shape index (κ2) is 5.56. The van der Waals surface area contributed by atoms with Gasteiger partial charge in [-0.3, -0.25) is 0 Å². The molecule has 0 atom stereocenters. The van der Waals surface area contributed by atoms with E-state index in [1.54, 1.807) is 0 Å². The molecule has 0 heterocycles. The number of alkyl halides is 1. The molecule has 0 bridgehead atoms. The van der Waals surface area contributed by atoms with E-state index in [9.17, 15) is 0 Å². The summed E-state index contributed by atoms with van der Waals surface area (Å²) in [4.78, 5) is 1.31. The van der Waals surface area contributed by atoms with Crippen LogP contribution in [-0.2, 0) is 0 Å². The van der Waals surface area contributed by atoms with Crippen LogP contribution in [-0.4, -0.2) is 11.6 Å². The normalized spacial score (nSPS) is 10.8. The second-order valence-corrected chi connectivity index (χ2v) is 4.81. The van der Waals surface area contributed by atoms with E-state index in [2.05, 4.69) is 38.1 Å². The highest BCUT2D eigenvalue weighted by molar-refractivity contribution is 7.99. The number of hydrogen-bond donors (Lipinski definition) is 0. The minimum Gasteiger partial charge on any atom is -0.126 e. The van der Waals surface area contributed by atoms with Crippen LogP contribution in [0, 0.1) is 0 Å². The van der Waals surface area contributed by atoms with Crippen LogP contribution >= 0.6 is 23.4 Å². The van der Waals surface area contributed by atoms with Crippen molar-refractivity contribution in [3.8, 4) is 0 Å². The molecule has 0 nitrogen and oxygen atoms in total. The molecular weight excluding hydrogens is 200 g/mol. The third kappa shape index (κ3) is 3.61. The fourth-order valence-corrected chi connectivity index (χ4v) is 1.98. The summed E-state index contributed by atoms with van der Waals surface area (Å²) >= 11 is 7.42. The largest absolute Gasteiger partial charge is 0.126 e. The summed E-state index contributed by atoms with van der Waals surface area (Å²) in [5.41, 5.74) is 1.40. The average molecular weight is 215 g/mol. The Morgan fingerprint density at radius 2 is 1.85 bits per heavy atom. The van der Waals surface area contributed by atoms with Gasteiger partial charge in [0.05, 0.1) is 0 Å². The topological polar surface area (TPSA) is 0 Å². The molecule has 0 amide bonds.